The normalized spacial score (nSPS) is 27.5. The van der Waals surface area contributed by atoms with Crippen molar-refractivity contribution >= 4 is 37.8 Å². The van der Waals surface area contributed by atoms with Crippen LogP contribution >= 0.6 is 15.9 Å². The highest BCUT2D eigenvalue weighted by atomic mass is 79.9. The third kappa shape index (κ3) is 2.58. The molecule has 0 N–H and O–H groups in total. The summed E-state index contributed by atoms with van der Waals surface area (Å²) in [6.07, 6.45) is 5.08. The van der Waals surface area contributed by atoms with Crippen molar-refractivity contribution in [2.45, 2.75) is 23.8 Å². The Morgan fingerprint density at radius 3 is 2.08 bits per heavy atom. The average molecular weight is 425 g/mol. The Morgan fingerprint density at radius 1 is 0.960 bits per heavy atom. The molecule has 1 aliphatic carbocycles. The van der Waals surface area contributed by atoms with Crippen molar-refractivity contribution in [3.8, 4) is 0 Å². The first-order valence-electron chi connectivity index (χ1n) is 8.18. The number of hydrogen-bond acceptors (Lipinski definition) is 4. The van der Waals surface area contributed by atoms with Crippen molar-refractivity contribution in [3.05, 3.63) is 40.9 Å². The molecule has 0 saturated carbocycles. The summed E-state index contributed by atoms with van der Waals surface area (Å²) in [5.74, 6) is -0.845. The molecule has 2 atom stereocenters. The first-order valence-corrected chi connectivity index (χ1v) is 10.4. The second-order valence-electron chi connectivity index (χ2n) is 6.61. The minimum atomic E-state index is -3.63. The Morgan fingerprint density at radius 2 is 1.52 bits per heavy atom. The summed E-state index contributed by atoms with van der Waals surface area (Å²) in [5.41, 5.74) is 0. The van der Waals surface area contributed by atoms with Crippen LogP contribution in [-0.4, -0.2) is 48.6 Å². The van der Waals surface area contributed by atoms with Crippen molar-refractivity contribution in [2.75, 3.05) is 13.1 Å². The molecule has 2 heterocycles. The van der Waals surface area contributed by atoms with E-state index >= 15 is 0 Å². The van der Waals surface area contributed by atoms with Crippen LogP contribution < -0.4 is 0 Å². The lowest BCUT2D eigenvalue weighted by atomic mass is 9.85. The van der Waals surface area contributed by atoms with Gasteiger partial charge in [0.2, 0.25) is 21.8 Å². The third-order valence-electron chi connectivity index (χ3n) is 5.19. The van der Waals surface area contributed by atoms with Crippen molar-refractivity contribution < 1.29 is 18.0 Å². The summed E-state index contributed by atoms with van der Waals surface area (Å²) >= 11 is 3.26. The quantitative estimate of drug-likeness (QED) is 0.547. The molecule has 3 aliphatic rings. The zero-order valence-electron chi connectivity index (χ0n) is 13.3. The minimum absolute atomic E-state index is 0.151. The fourth-order valence-electron chi connectivity index (χ4n) is 3.76. The molecule has 6 nitrogen and oxygen atoms in total. The highest BCUT2D eigenvalue weighted by Gasteiger charge is 2.53. The van der Waals surface area contributed by atoms with Crippen LogP contribution in [0.2, 0.25) is 0 Å². The van der Waals surface area contributed by atoms with Gasteiger partial charge in [-0.15, -0.1) is 0 Å². The fourth-order valence-corrected chi connectivity index (χ4v) is 6.23. The van der Waals surface area contributed by atoms with E-state index in [1.54, 1.807) is 24.3 Å². The average Bonchev–Trinajstić information content (AvgIpc) is 2.79. The van der Waals surface area contributed by atoms with Crippen molar-refractivity contribution in [1.82, 2.24) is 9.21 Å². The van der Waals surface area contributed by atoms with Crippen LogP contribution in [0.3, 0.4) is 0 Å². The third-order valence-corrected chi connectivity index (χ3v) is 8.03. The van der Waals surface area contributed by atoms with Gasteiger partial charge in [-0.3, -0.25) is 14.5 Å². The van der Waals surface area contributed by atoms with Gasteiger partial charge in [-0.2, -0.15) is 4.31 Å². The molecule has 0 aromatic heterocycles. The molecule has 8 heteroatoms. The van der Waals surface area contributed by atoms with Crippen LogP contribution in [0.15, 0.2) is 45.8 Å². The van der Waals surface area contributed by atoms with Gasteiger partial charge in [0.05, 0.1) is 22.8 Å². The van der Waals surface area contributed by atoms with Gasteiger partial charge >= 0.3 is 0 Å². The summed E-state index contributed by atoms with van der Waals surface area (Å²) in [5, 5.41) is 0. The van der Waals surface area contributed by atoms with E-state index in [2.05, 4.69) is 15.9 Å². The number of amides is 2. The molecule has 0 radical (unpaired) electrons. The van der Waals surface area contributed by atoms with Gasteiger partial charge in [0.25, 0.3) is 0 Å². The first-order chi connectivity index (χ1) is 11.9. The van der Waals surface area contributed by atoms with Gasteiger partial charge in [0.15, 0.2) is 0 Å². The molecule has 132 valence electrons. The number of benzene rings is 1. The molecule has 4 rings (SSSR count). The molecule has 0 spiro atoms. The number of imide groups is 1. The second kappa shape index (κ2) is 6.03. The molecule has 1 aromatic rings. The number of rotatable bonds is 3. The predicted octanol–water partition coefficient (Wildman–Crippen LogP) is 1.77. The van der Waals surface area contributed by atoms with E-state index in [1.807, 2.05) is 12.2 Å². The number of hydrogen-bond donors (Lipinski definition) is 0. The van der Waals surface area contributed by atoms with Crippen LogP contribution in [0, 0.1) is 11.8 Å². The molecule has 2 aliphatic heterocycles. The monoisotopic (exact) mass is 424 g/mol. The number of fused-ring (bicyclic) bond motifs is 1. The SMILES string of the molecule is O=C1C2CC=CCC2C(=O)N1C1CN(S(=O)(=O)c2ccccc2Br)C1. The van der Waals surface area contributed by atoms with Crippen molar-refractivity contribution in [3.63, 3.8) is 0 Å². The molecule has 0 bridgehead atoms. The van der Waals surface area contributed by atoms with E-state index in [9.17, 15) is 18.0 Å². The fraction of sp³-hybridized carbons (Fsp3) is 0.412. The van der Waals surface area contributed by atoms with Crippen molar-refractivity contribution in [2.24, 2.45) is 11.8 Å². The van der Waals surface area contributed by atoms with E-state index in [1.165, 1.54) is 9.21 Å². The summed E-state index contributed by atoms with van der Waals surface area (Å²) in [6, 6.07) is 6.27. The number of sulfonamides is 1. The van der Waals surface area contributed by atoms with Gasteiger partial charge in [-0.25, -0.2) is 8.42 Å². The first kappa shape index (κ1) is 16.9. The molecule has 2 saturated heterocycles. The smallest absolute Gasteiger partial charge is 0.244 e. The number of likely N-dealkylation sites (tertiary alicyclic amines) is 1. The molecule has 25 heavy (non-hydrogen) atoms. The predicted molar refractivity (Wildman–Crippen MR) is 93.9 cm³/mol. The maximum Gasteiger partial charge on any atom is 0.244 e. The molecule has 2 fully saturated rings. The lowest BCUT2D eigenvalue weighted by Crippen LogP contribution is -2.62. The second-order valence-corrected chi connectivity index (χ2v) is 9.37. The van der Waals surface area contributed by atoms with E-state index in [-0.39, 0.29) is 47.7 Å². The van der Waals surface area contributed by atoms with Crippen LogP contribution in [0.1, 0.15) is 12.8 Å². The number of allylic oxidation sites excluding steroid dienone is 2. The number of carbonyl (C=O) groups is 2. The van der Waals surface area contributed by atoms with Crippen LogP contribution in [0.25, 0.3) is 0 Å². The Bertz CT molecular complexity index is 850. The van der Waals surface area contributed by atoms with E-state index in [4.69, 9.17) is 0 Å². The van der Waals surface area contributed by atoms with Crippen LogP contribution in [0.5, 0.6) is 0 Å². The Hall–Kier alpha value is -1.51. The molecule has 1 aromatic carbocycles. The van der Waals surface area contributed by atoms with E-state index < -0.39 is 10.0 Å². The van der Waals surface area contributed by atoms with Gasteiger partial charge in [-0.1, -0.05) is 24.3 Å². The highest BCUT2D eigenvalue weighted by Crippen LogP contribution is 2.38. The maximum atomic E-state index is 12.7. The Balaban J connectivity index is 1.50. The zero-order valence-corrected chi connectivity index (χ0v) is 15.7. The summed E-state index contributed by atoms with van der Waals surface area (Å²) in [7, 11) is -3.63. The van der Waals surface area contributed by atoms with Crippen LogP contribution in [0.4, 0.5) is 0 Å². The standard InChI is InChI=1S/C17H17BrN2O4S/c18-14-7-3-4-8-15(14)25(23,24)19-9-11(10-19)20-16(21)12-5-1-2-6-13(12)17(20)22/h1-4,7-8,11-13H,5-6,9-10H2. The highest BCUT2D eigenvalue weighted by molar-refractivity contribution is 9.10. The van der Waals surface area contributed by atoms with Crippen LogP contribution in [-0.2, 0) is 19.6 Å². The Labute approximate surface area is 154 Å². The van der Waals surface area contributed by atoms with Gasteiger partial charge in [0, 0.05) is 17.6 Å². The van der Waals surface area contributed by atoms with E-state index in [0.29, 0.717) is 17.3 Å². The molecular weight excluding hydrogens is 408 g/mol. The molecule has 2 unspecified atom stereocenters. The topological polar surface area (TPSA) is 74.8 Å². The van der Waals surface area contributed by atoms with Gasteiger partial charge in [-0.05, 0) is 40.9 Å². The summed E-state index contributed by atoms with van der Waals surface area (Å²) < 4.78 is 27.2. The number of halogens is 1. The maximum absolute atomic E-state index is 12.7. The van der Waals surface area contributed by atoms with E-state index in [0.717, 1.165) is 0 Å². The Kier molecular flexibility index (Phi) is 4.09. The zero-order chi connectivity index (χ0) is 17.8. The lowest BCUT2D eigenvalue weighted by Gasteiger charge is -2.42. The molecule has 2 amide bonds. The largest absolute Gasteiger partial charge is 0.276 e. The minimum Gasteiger partial charge on any atom is -0.276 e. The summed E-state index contributed by atoms with van der Waals surface area (Å²) in [4.78, 5) is 26.6. The number of nitrogens with zero attached hydrogens (tertiary/aromatic N) is 2. The van der Waals surface area contributed by atoms with Crippen molar-refractivity contribution in [1.29, 1.82) is 0 Å². The number of carbonyl (C=O) groups excluding carboxylic acids is 2. The van der Waals surface area contributed by atoms with Gasteiger partial charge in [0.1, 0.15) is 0 Å². The molecular formula is C17H17BrN2O4S. The lowest BCUT2D eigenvalue weighted by molar-refractivity contribution is -0.145. The summed E-state index contributed by atoms with van der Waals surface area (Å²) in [6.45, 7) is 0.321. The van der Waals surface area contributed by atoms with Gasteiger partial charge < -0.3 is 0 Å².